The number of rotatable bonds is 4. The number of nitriles is 2. The largest absolute Gasteiger partial charge is 0.497 e. The van der Waals surface area contributed by atoms with Gasteiger partial charge in [0.2, 0.25) is 11.8 Å². The van der Waals surface area contributed by atoms with E-state index in [4.69, 9.17) is 15.2 Å². The van der Waals surface area contributed by atoms with Gasteiger partial charge in [0.25, 0.3) is 0 Å². The Kier molecular flexibility index (Phi) is 5.24. The highest BCUT2D eigenvalue weighted by Crippen LogP contribution is 2.55. The number of fused-ring (bicyclic) bond motifs is 2. The van der Waals surface area contributed by atoms with Crippen LogP contribution >= 0.6 is 0 Å². The summed E-state index contributed by atoms with van der Waals surface area (Å²) in [5.41, 5.74) is 7.05. The van der Waals surface area contributed by atoms with Crippen molar-refractivity contribution in [3.8, 4) is 17.9 Å². The third kappa shape index (κ3) is 3.14. The number of hydrogen-bond acceptors (Lipinski definition) is 6. The van der Waals surface area contributed by atoms with Crippen molar-refractivity contribution in [3.05, 3.63) is 113 Å². The number of methoxy groups -OCH3 is 1. The Morgan fingerprint density at radius 3 is 2.26 bits per heavy atom. The van der Waals surface area contributed by atoms with Gasteiger partial charge in [0.1, 0.15) is 23.5 Å². The number of benzene rings is 3. The first-order valence-corrected chi connectivity index (χ1v) is 10.9. The summed E-state index contributed by atoms with van der Waals surface area (Å²) in [7, 11) is 1.59. The number of amides is 1. The molecule has 0 unspecified atom stereocenters. The molecule has 0 saturated carbocycles. The zero-order valence-electron chi connectivity index (χ0n) is 18.9. The minimum absolute atomic E-state index is 0.0316. The SMILES string of the molecule is COc1ccc(CN2C(=O)[C@@]3(C(C#N)=C(N)OC(c4ccccc4)=C3C#N)c3ccccc32)cc1. The van der Waals surface area contributed by atoms with E-state index in [0.29, 0.717) is 22.6 Å². The van der Waals surface area contributed by atoms with E-state index in [1.54, 1.807) is 48.4 Å². The molecule has 0 radical (unpaired) electrons. The fraction of sp³-hybridized carbons (Fsp3) is 0.107. The number of anilines is 1. The predicted octanol–water partition coefficient (Wildman–Crippen LogP) is 4.14. The van der Waals surface area contributed by atoms with Crippen LogP contribution in [0, 0.1) is 22.7 Å². The molecule has 2 N–H and O–H groups in total. The molecule has 0 saturated heterocycles. The first-order chi connectivity index (χ1) is 17.1. The van der Waals surface area contributed by atoms with Crippen LogP contribution in [0.2, 0.25) is 0 Å². The Bertz CT molecular complexity index is 1480. The summed E-state index contributed by atoms with van der Waals surface area (Å²) in [5.74, 6) is 0.244. The van der Waals surface area contributed by atoms with E-state index < -0.39 is 11.3 Å². The molecule has 7 nitrogen and oxygen atoms in total. The molecule has 170 valence electrons. The summed E-state index contributed by atoms with van der Waals surface area (Å²) >= 11 is 0. The Balaban J connectivity index is 1.75. The molecule has 1 amide bonds. The summed E-state index contributed by atoms with van der Waals surface area (Å²) in [6.45, 7) is 0.237. The molecular formula is C28H20N4O3. The molecule has 3 aromatic carbocycles. The number of ether oxygens (including phenoxy) is 2. The Morgan fingerprint density at radius 1 is 0.943 bits per heavy atom. The molecule has 1 atom stereocenters. The van der Waals surface area contributed by atoms with Gasteiger partial charge in [-0.3, -0.25) is 4.79 Å². The first-order valence-electron chi connectivity index (χ1n) is 10.9. The van der Waals surface area contributed by atoms with Crippen molar-refractivity contribution in [1.29, 1.82) is 10.5 Å². The highest BCUT2D eigenvalue weighted by Gasteiger charge is 2.60. The number of nitrogens with two attached hydrogens (primary N) is 1. The molecule has 1 spiro atoms. The summed E-state index contributed by atoms with van der Waals surface area (Å²) in [6, 6.07) is 27.8. The average molecular weight is 460 g/mol. The van der Waals surface area contributed by atoms with Crippen LogP contribution in [0.4, 0.5) is 5.69 Å². The number of nitrogens with zero attached hydrogens (tertiary/aromatic N) is 3. The molecule has 0 bridgehead atoms. The van der Waals surface area contributed by atoms with Gasteiger partial charge in [-0.05, 0) is 23.8 Å². The zero-order valence-corrected chi connectivity index (χ0v) is 18.9. The minimum atomic E-state index is -1.71. The fourth-order valence-corrected chi connectivity index (χ4v) is 4.77. The van der Waals surface area contributed by atoms with Gasteiger partial charge in [0.05, 0.1) is 19.2 Å². The lowest BCUT2D eigenvalue weighted by Crippen LogP contribution is -2.45. The lowest BCUT2D eigenvalue weighted by atomic mass is 9.68. The van der Waals surface area contributed by atoms with Gasteiger partial charge in [-0.25, -0.2) is 0 Å². The van der Waals surface area contributed by atoms with Gasteiger partial charge in [-0.2, -0.15) is 10.5 Å². The molecule has 2 aliphatic heterocycles. The van der Waals surface area contributed by atoms with Crippen LogP contribution in [0.25, 0.3) is 5.76 Å². The van der Waals surface area contributed by atoms with Crippen LogP contribution in [0.15, 0.2) is 95.9 Å². The lowest BCUT2D eigenvalue weighted by Gasteiger charge is -2.33. The standard InChI is InChI=1S/C28H20N4O3/c1-34-20-13-11-18(12-14-20)17-32-24-10-6-5-9-21(24)28(27(32)33)22(15-29)25(19-7-3-2-4-8-19)35-26(31)23(28)16-30/h2-14H,17,31H2,1H3/t28-/m0/s1. The fourth-order valence-electron chi connectivity index (χ4n) is 4.77. The predicted molar refractivity (Wildman–Crippen MR) is 129 cm³/mol. The quantitative estimate of drug-likeness (QED) is 0.626. The third-order valence-corrected chi connectivity index (χ3v) is 6.36. The van der Waals surface area contributed by atoms with E-state index in [0.717, 1.165) is 5.56 Å². The van der Waals surface area contributed by atoms with E-state index in [1.807, 2.05) is 42.5 Å². The van der Waals surface area contributed by atoms with E-state index in [-0.39, 0.29) is 29.3 Å². The number of hydrogen-bond donors (Lipinski definition) is 1. The summed E-state index contributed by atoms with van der Waals surface area (Å²) < 4.78 is 11.1. The number of carbonyl (C=O) groups excluding carboxylic acids is 1. The van der Waals surface area contributed by atoms with E-state index in [2.05, 4.69) is 12.1 Å². The van der Waals surface area contributed by atoms with Gasteiger partial charge in [-0.1, -0.05) is 60.7 Å². The second-order valence-corrected chi connectivity index (χ2v) is 8.14. The van der Waals surface area contributed by atoms with Crippen LogP contribution in [-0.4, -0.2) is 13.0 Å². The Labute approximate surface area is 202 Å². The van der Waals surface area contributed by atoms with E-state index in [1.165, 1.54) is 0 Å². The number of carbonyl (C=O) groups is 1. The normalized spacial score (nSPS) is 18.7. The molecule has 5 rings (SSSR count). The van der Waals surface area contributed by atoms with Gasteiger partial charge in [-0.15, -0.1) is 0 Å². The molecular weight excluding hydrogens is 440 g/mol. The first kappa shape index (κ1) is 21.8. The van der Waals surface area contributed by atoms with Crippen molar-refractivity contribution in [1.82, 2.24) is 0 Å². The van der Waals surface area contributed by atoms with Crippen LogP contribution in [0.3, 0.4) is 0 Å². The Hall–Kier alpha value is -5.01. The molecule has 35 heavy (non-hydrogen) atoms. The molecule has 3 aromatic rings. The number of para-hydroxylation sites is 1. The summed E-state index contributed by atoms with van der Waals surface area (Å²) in [6.07, 6.45) is 0. The van der Waals surface area contributed by atoms with Gasteiger partial charge >= 0.3 is 0 Å². The monoisotopic (exact) mass is 460 g/mol. The minimum Gasteiger partial charge on any atom is -0.497 e. The van der Waals surface area contributed by atoms with Crippen LogP contribution in [0.5, 0.6) is 5.75 Å². The molecule has 2 heterocycles. The topological polar surface area (TPSA) is 112 Å². The third-order valence-electron chi connectivity index (χ3n) is 6.36. The maximum absolute atomic E-state index is 14.3. The molecule has 0 aromatic heterocycles. The van der Waals surface area contributed by atoms with Crippen molar-refractivity contribution in [2.24, 2.45) is 5.73 Å². The Morgan fingerprint density at radius 2 is 1.60 bits per heavy atom. The summed E-state index contributed by atoms with van der Waals surface area (Å²) in [4.78, 5) is 15.9. The van der Waals surface area contributed by atoms with Crippen molar-refractivity contribution in [3.63, 3.8) is 0 Å². The van der Waals surface area contributed by atoms with Gasteiger partial charge < -0.3 is 20.1 Å². The van der Waals surface area contributed by atoms with Crippen LogP contribution in [0.1, 0.15) is 16.7 Å². The summed E-state index contributed by atoms with van der Waals surface area (Å²) in [5, 5.41) is 20.5. The van der Waals surface area contributed by atoms with Gasteiger partial charge in [0.15, 0.2) is 11.2 Å². The molecule has 2 aliphatic rings. The van der Waals surface area contributed by atoms with Crippen LogP contribution < -0.4 is 15.4 Å². The highest BCUT2D eigenvalue weighted by molar-refractivity contribution is 6.15. The van der Waals surface area contributed by atoms with Gasteiger partial charge in [0, 0.05) is 16.8 Å². The molecule has 0 fully saturated rings. The zero-order chi connectivity index (χ0) is 24.6. The molecule has 0 aliphatic carbocycles. The second-order valence-electron chi connectivity index (χ2n) is 8.14. The van der Waals surface area contributed by atoms with Crippen molar-refractivity contribution in [2.75, 3.05) is 12.0 Å². The molecule has 7 heteroatoms. The maximum Gasteiger partial charge on any atom is 0.248 e. The lowest BCUT2D eigenvalue weighted by molar-refractivity contribution is -0.121. The van der Waals surface area contributed by atoms with Crippen molar-refractivity contribution < 1.29 is 14.3 Å². The van der Waals surface area contributed by atoms with Crippen molar-refractivity contribution >= 4 is 17.4 Å². The second kappa shape index (κ2) is 8.40. The average Bonchev–Trinajstić information content (AvgIpc) is 3.13. The van der Waals surface area contributed by atoms with E-state index in [9.17, 15) is 15.3 Å². The highest BCUT2D eigenvalue weighted by atomic mass is 16.5. The maximum atomic E-state index is 14.3. The van der Waals surface area contributed by atoms with E-state index >= 15 is 0 Å². The van der Waals surface area contributed by atoms with Crippen molar-refractivity contribution in [2.45, 2.75) is 12.0 Å². The smallest absolute Gasteiger partial charge is 0.248 e. The van der Waals surface area contributed by atoms with Crippen LogP contribution in [-0.2, 0) is 21.5 Å².